The predicted octanol–water partition coefficient (Wildman–Crippen LogP) is 3.13. The molecule has 0 amide bonds. The summed E-state index contributed by atoms with van der Waals surface area (Å²) in [6.07, 6.45) is 4.55. The summed E-state index contributed by atoms with van der Waals surface area (Å²) in [5.41, 5.74) is 2.04. The van der Waals surface area contributed by atoms with Gasteiger partial charge in [-0.1, -0.05) is 6.07 Å². The lowest BCUT2D eigenvalue weighted by atomic mass is 10.1. The second kappa shape index (κ2) is 6.07. The molecule has 0 spiro atoms. The first-order valence-electron chi connectivity index (χ1n) is 6.22. The molecule has 0 radical (unpaired) electrons. The number of thiophene rings is 1. The monoisotopic (exact) mass is 261 g/mol. The molecule has 2 atom stereocenters. The molecule has 4 heteroatoms. The third-order valence-corrected chi connectivity index (χ3v) is 3.85. The molecule has 18 heavy (non-hydrogen) atoms. The van der Waals surface area contributed by atoms with Crippen molar-refractivity contribution in [1.82, 2.24) is 15.3 Å². The van der Waals surface area contributed by atoms with Gasteiger partial charge in [-0.3, -0.25) is 9.97 Å². The lowest BCUT2D eigenvalue weighted by Crippen LogP contribution is -2.31. The Hall–Kier alpha value is -1.26. The quantitative estimate of drug-likeness (QED) is 0.898. The largest absolute Gasteiger partial charge is 0.306 e. The van der Waals surface area contributed by atoms with Gasteiger partial charge in [-0.15, -0.1) is 11.3 Å². The molecule has 0 aliphatic carbocycles. The molecular formula is C14H19N3S. The lowest BCUT2D eigenvalue weighted by Gasteiger charge is -2.20. The van der Waals surface area contributed by atoms with E-state index in [4.69, 9.17) is 0 Å². The highest BCUT2D eigenvalue weighted by Crippen LogP contribution is 2.15. The van der Waals surface area contributed by atoms with Crippen molar-refractivity contribution < 1.29 is 0 Å². The van der Waals surface area contributed by atoms with Crippen LogP contribution in [0.3, 0.4) is 0 Å². The smallest absolute Gasteiger partial charge is 0.0782 e. The second-order valence-electron chi connectivity index (χ2n) is 4.60. The van der Waals surface area contributed by atoms with E-state index in [2.05, 4.69) is 46.6 Å². The normalized spacial score (nSPS) is 14.4. The summed E-state index contributed by atoms with van der Waals surface area (Å²) in [6, 6.07) is 4.94. The van der Waals surface area contributed by atoms with E-state index in [0.29, 0.717) is 6.04 Å². The van der Waals surface area contributed by atoms with Crippen molar-refractivity contribution in [2.75, 3.05) is 0 Å². The third kappa shape index (κ3) is 3.37. The maximum atomic E-state index is 4.41. The molecule has 2 aromatic rings. The molecule has 0 fully saturated rings. The van der Waals surface area contributed by atoms with E-state index in [-0.39, 0.29) is 6.04 Å². The first-order chi connectivity index (χ1) is 8.66. The van der Waals surface area contributed by atoms with Crippen LogP contribution in [0.5, 0.6) is 0 Å². The Morgan fingerprint density at radius 3 is 2.72 bits per heavy atom. The number of aryl methyl sites for hydroxylation is 1. The van der Waals surface area contributed by atoms with Crippen LogP contribution in [0.25, 0.3) is 0 Å². The fourth-order valence-corrected chi connectivity index (χ4v) is 2.97. The van der Waals surface area contributed by atoms with Crippen molar-refractivity contribution in [2.45, 2.75) is 39.3 Å². The molecule has 2 aromatic heterocycles. The number of nitrogens with zero attached hydrogens (tertiary/aromatic N) is 2. The van der Waals surface area contributed by atoms with Crippen LogP contribution >= 0.6 is 11.3 Å². The van der Waals surface area contributed by atoms with Crippen LogP contribution in [0, 0.1) is 6.92 Å². The standard InChI is InChI=1S/C14H19N3S/c1-10(9-13-5-4-8-18-13)17-12(3)14-11(2)15-6-7-16-14/h4-8,10,12,17H,9H2,1-3H3. The molecule has 3 nitrogen and oxygen atoms in total. The number of aromatic nitrogens is 2. The Bertz CT molecular complexity index is 482. The molecular weight excluding hydrogens is 242 g/mol. The SMILES string of the molecule is Cc1nccnc1C(C)NC(C)Cc1cccs1. The molecule has 96 valence electrons. The van der Waals surface area contributed by atoms with Gasteiger partial charge in [-0.2, -0.15) is 0 Å². The number of hydrogen-bond donors (Lipinski definition) is 1. The first-order valence-corrected chi connectivity index (χ1v) is 7.10. The lowest BCUT2D eigenvalue weighted by molar-refractivity contribution is 0.469. The molecule has 2 rings (SSSR count). The fourth-order valence-electron chi connectivity index (χ4n) is 2.14. The van der Waals surface area contributed by atoms with Crippen LogP contribution in [0.2, 0.25) is 0 Å². The van der Waals surface area contributed by atoms with E-state index in [1.54, 1.807) is 12.4 Å². The van der Waals surface area contributed by atoms with E-state index in [1.165, 1.54) is 4.88 Å². The summed E-state index contributed by atoms with van der Waals surface area (Å²) in [5.74, 6) is 0. The molecule has 1 N–H and O–H groups in total. The maximum absolute atomic E-state index is 4.41. The zero-order valence-electron chi connectivity index (χ0n) is 11.1. The molecule has 2 unspecified atom stereocenters. The van der Waals surface area contributed by atoms with Gasteiger partial charge in [0.1, 0.15) is 0 Å². The Kier molecular flexibility index (Phi) is 4.44. The van der Waals surface area contributed by atoms with Gasteiger partial charge in [0.05, 0.1) is 11.4 Å². The molecule has 0 aliphatic heterocycles. The van der Waals surface area contributed by atoms with Crippen LogP contribution < -0.4 is 5.32 Å². The van der Waals surface area contributed by atoms with E-state index in [0.717, 1.165) is 17.8 Å². The summed E-state index contributed by atoms with van der Waals surface area (Å²) < 4.78 is 0. The third-order valence-electron chi connectivity index (χ3n) is 2.95. The average Bonchev–Trinajstić information content (AvgIpc) is 2.82. The van der Waals surface area contributed by atoms with Crippen LogP contribution in [-0.4, -0.2) is 16.0 Å². The first kappa shape index (κ1) is 13.2. The van der Waals surface area contributed by atoms with Crippen molar-refractivity contribution in [3.05, 3.63) is 46.2 Å². The molecule has 0 saturated carbocycles. The second-order valence-corrected chi connectivity index (χ2v) is 5.63. The zero-order valence-corrected chi connectivity index (χ0v) is 11.9. The summed E-state index contributed by atoms with van der Waals surface area (Å²) >= 11 is 1.81. The summed E-state index contributed by atoms with van der Waals surface area (Å²) in [6.45, 7) is 6.36. The number of hydrogen-bond acceptors (Lipinski definition) is 4. The highest BCUT2D eigenvalue weighted by atomic mass is 32.1. The highest BCUT2D eigenvalue weighted by Gasteiger charge is 2.13. The van der Waals surface area contributed by atoms with Crippen molar-refractivity contribution in [3.63, 3.8) is 0 Å². The average molecular weight is 261 g/mol. The topological polar surface area (TPSA) is 37.8 Å². The number of rotatable bonds is 5. The van der Waals surface area contributed by atoms with Crippen LogP contribution in [0.15, 0.2) is 29.9 Å². The minimum absolute atomic E-state index is 0.230. The predicted molar refractivity (Wildman–Crippen MR) is 75.8 cm³/mol. The molecule has 2 heterocycles. The Morgan fingerprint density at radius 2 is 2.06 bits per heavy atom. The Balaban J connectivity index is 1.95. The van der Waals surface area contributed by atoms with E-state index in [9.17, 15) is 0 Å². The van der Waals surface area contributed by atoms with Gasteiger partial charge in [0.15, 0.2) is 0 Å². The number of nitrogens with one attached hydrogen (secondary N) is 1. The minimum Gasteiger partial charge on any atom is -0.306 e. The van der Waals surface area contributed by atoms with Gasteiger partial charge in [0, 0.05) is 29.4 Å². The Labute approximate surface area is 112 Å². The fraction of sp³-hybridized carbons (Fsp3) is 0.429. The van der Waals surface area contributed by atoms with E-state index >= 15 is 0 Å². The van der Waals surface area contributed by atoms with Crippen molar-refractivity contribution >= 4 is 11.3 Å². The van der Waals surface area contributed by atoms with Crippen molar-refractivity contribution in [3.8, 4) is 0 Å². The van der Waals surface area contributed by atoms with Crippen molar-refractivity contribution in [2.24, 2.45) is 0 Å². The summed E-state index contributed by atoms with van der Waals surface area (Å²) in [7, 11) is 0. The van der Waals surface area contributed by atoms with Gasteiger partial charge in [-0.05, 0) is 38.6 Å². The van der Waals surface area contributed by atoms with Gasteiger partial charge in [0.2, 0.25) is 0 Å². The van der Waals surface area contributed by atoms with Gasteiger partial charge >= 0.3 is 0 Å². The summed E-state index contributed by atoms with van der Waals surface area (Å²) in [5, 5.41) is 5.70. The van der Waals surface area contributed by atoms with Crippen LogP contribution in [0.1, 0.15) is 36.2 Å². The van der Waals surface area contributed by atoms with Gasteiger partial charge in [0.25, 0.3) is 0 Å². The molecule has 0 bridgehead atoms. The molecule has 0 aliphatic rings. The van der Waals surface area contributed by atoms with Gasteiger partial charge in [-0.25, -0.2) is 0 Å². The Morgan fingerprint density at radius 1 is 1.28 bits per heavy atom. The van der Waals surface area contributed by atoms with E-state index in [1.807, 2.05) is 18.3 Å². The highest BCUT2D eigenvalue weighted by molar-refractivity contribution is 7.09. The maximum Gasteiger partial charge on any atom is 0.0782 e. The summed E-state index contributed by atoms with van der Waals surface area (Å²) in [4.78, 5) is 10.1. The van der Waals surface area contributed by atoms with Crippen LogP contribution in [-0.2, 0) is 6.42 Å². The minimum atomic E-state index is 0.230. The molecule has 0 aromatic carbocycles. The van der Waals surface area contributed by atoms with Crippen molar-refractivity contribution in [1.29, 1.82) is 0 Å². The zero-order chi connectivity index (χ0) is 13.0. The van der Waals surface area contributed by atoms with Gasteiger partial charge < -0.3 is 5.32 Å². The van der Waals surface area contributed by atoms with E-state index < -0.39 is 0 Å². The molecule has 0 saturated heterocycles. The van der Waals surface area contributed by atoms with Crippen LogP contribution in [0.4, 0.5) is 0 Å².